The summed E-state index contributed by atoms with van der Waals surface area (Å²) in [4.78, 5) is 32.7. The molecular weight excluding hydrogens is 447 g/mol. The molecule has 0 aliphatic carbocycles. The second-order valence-electron chi connectivity index (χ2n) is 7.97. The number of carbonyl (C=O) groups is 2. The van der Waals surface area contributed by atoms with Crippen LogP contribution in [0.25, 0.3) is 0 Å². The van der Waals surface area contributed by atoms with Crippen molar-refractivity contribution in [2.24, 2.45) is 0 Å². The topological polar surface area (TPSA) is 59.1 Å². The van der Waals surface area contributed by atoms with Crippen LogP contribution >= 0.6 is 17.6 Å². The van der Waals surface area contributed by atoms with Gasteiger partial charge in [0.1, 0.15) is 0 Å². The Labute approximate surface area is 189 Å². The van der Waals surface area contributed by atoms with E-state index in [1.807, 2.05) is 72.8 Å². The average molecular weight is 465 g/mol. The van der Waals surface area contributed by atoms with Crippen molar-refractivity contribution in [1.82, 2.24) is 0 Å². The number of halogens is 1. The van der Waals surface area contributed by atoms with E-state index in [0.717, 1.165) is 22.5 Å². The summed E-state index contributed by atoms with van der Waals surface area (Å²) < 4.78 is 7.33. The van der Waals surface area contributed by atoms with Crippen molar-refractivity contribution in [1.29, 1.82) is 0 Å². The van der Waals surface area contributed by atoms with Crippen LogP contribution in [0.1, 0.15) is 11.1 Å². The molecule has 6 nitrogen and oxygen atoms in total. The second kappa shape index (κ2) is 6.66. The monoisotopic (exact) mass is 464 g/mol. The van der Waals surface area contributed by atoms with Gasteiger partial charge >= 0.3 is 189 Å². The molecule has 3 aromatic rings. The number of anilines is 3. The van der Waals surface area contributed by atoms with Crippen molar-refractivity contribution in [2.75, 3.05) is 9.57 Å². The summed E-state index contributed by atoms with van der Waals surface area (Å²) in [5.41, 5.74) is 4.20. The summed E-state index contributed by atoms with van der Waals surface area (Å²) in [7, 11) is 0. The summed E-state index contributed by atoms with van der Waals surface area (Å²) in [6.07, 6.45) is -2.10. The zero-order valence-electron chi connectivity index (χ0n) is 16.8. The van der Waals surface area contributed by atoms with Gasteiger partial charge in [0.05, 0.1) is 0 Å². The van der Waals surface area contributed by atoms with Gasteiger partial charge in [-0.15, -0.1) is 0 Å². The average Bonchev–Trinajstić information content (AvgIpc) is 3.47. The Morgan fingerprint density at radius 3 is 2.09 bits per heavy atom. The minimum atomic E-state index is -4.10. The molecule has 0 saturated carbocycles. The summed E-state index contributed by atoms with van der Waals surface area (Å²) in [5.74, 6) is 1.51. The van der Waals surface area contributed by atoms with Gasteiger partial charge in [-0.1, -0.05) is 0 Å². The van der Waals surface area contributed by atoms with Crippen LogP contribution in [0, 0.1) is 0 Å². The van der Waals surface area contributed by atoms with E-state index in [1.54, 1.807) is 15.4 Å². The molecule has 0 atom stereocenters. The molecule has 3 aliphatic heterocycles. The molecule has 8 heteroatoms. The van der Waals surface area contributed by atoms with E-state index in [4.69, 9.17) is 20.8 Å². The summed E-state index contributed by atoms with van der Waals surface area (Å²) in [6, 6.07) is 22.5. The fourth-order valence-electron chi connectivity index (χ4n) is 4.66. The molecule has 0 spiro atoms. The summed E-state index contributed by atoms with van der Waals surface area (Å²) in [5, 5.41) is 0.611. The van der Waals surface area contributed by atoms with E-state index in [-0.39, 0.29) is 18.2 Å². The molecular formula is C24H18ClN2O4P. The van der Waals surface area contributed by atoms with Crippen LogP contribution in [0.15, 0.2) is 84.9 Å². The van der Waals surface area contributed by atoms with E-state index in [9.17, 15) is 9.59 Å². The molecule has 0 aromatic heterocycles. The summed E-state index contributed by atoms with van der Waals surface area (Å²) >= 11 is 7.33. The molecule has 0 unspecified atom stereocenters. The van der Waals surface area contributed by atoms with Crippen LogP contribution < -0.4 is 14.9 Å². The van der Waals surface area contributed by atoms with E-state index in [1.165, 1.54) is 6.26 Å². The molecule has 0 saturated heterocycles. The number of nitrogens with zero attached hydrogens (tertiary/aromatic N) is 2. The number of para-hydroxylation sites is 2. The van der Waals surface area contributed by atoms with Gasteiger partial charge in [0.25, 0.3) is 0 Å². The Bertz CT molecular complexity index is 1330. The Morgan fingerprint density at radius 1 is 0.781 bits per heavy atom. The predicted octanol–water partition coefficient (Wildman–Crippen LogP) is 5.09. The first-order chi connectivity index (χ1) is 15.5. The standard InChI is InChI=1S/C24H18ClN2O4P/c25-32(14-13-30-31-32,27-22-8-4-2-6-18(22)16-24(27)29)20-11-9-19(10-12-20)26-21-7-3-1-5-17(21)15-23(26)28/h1-14H,15-16H2. The van der Waals surface area contributed by atoms with E-state index < -0.39 is 6.33 Å². The van der Waals surface area contributed by atoms with Gasteiger partial charge in [-0.05, 0) is 0 Å². The molecule has 160 valence electrons. The third kappa shape index (κ3) is 2.54. The third-order valence-corrected chi connectivity index (χ3v) is 11.1. The number of rotatable bonds is 3. The van der Waals surface area contributed by atoms with Gasteiger partial charge in [-0.2, -0.15) is 0 Å². The first kappa shape index (κ1) is 19.5. The normalized spacial score (nSPS) is 21.1. The molecule has 2 amide bonds. The van der Waals surface area contributed by atoms with Gasteiger partial charge in [0, 0.05) is 0 Å². The van der Waals surface area contributed by atoms with Crippen LogP contribution in [0.2, 0.25) is 0 Å². The first-order valence-corrected chi connectivity index (χ1v) is 13.3. The third-order valence-electron chi connectivity index (χ3n) is 6.13. The van der Waals surface area contributed by atoms with E-state index in [2.05, 4.69) is 0 Å². The van der Waals surface area contributed by atoms with Crippen molar-refractivity contribution >= 4 is 51.8 Å². The van der Waals surface area contributed by atoms with E-state index in [0.29, 0.717) is 17.4 Å². The summed E-state index contributed by atoms with van der Waals surface area (Å²) in [6.45, 7) is 0. The van der Waals surface area contributed by atoms with Crippen LogP contribution in [-0.2, 0) is 32.0 Å². The van der Waals surface area contributed by atoms with Gasteiger partial charge in [0.2, 0.25) is 0 Å². The van der Waals surface area contributed by atoms with E-state index >= 15 is 0 Å². The van der Waals surface area contributed by atoms with Crippen molar-refractivity contribution in [3.63, 3.8) is 0 Å². The van der Waals surface area contributed by atoms with Crippen LogP contribution in [0.4, 0.5) is 17.1 Å². The van der Waals surface area contributed by atoms with Crippen LogP contribution in [0.5, 0.6) is 0 Å². The quantitative estimate of drug-likeness (QED) is 0.400. The van der Waals surface area contributed by atoms with Crippen LogP contribution in [-0.4, -0.2) is 11.8 Å². The minimum absolute atomic E-state index is 0.00903. The maximum atomic E-state index is 13.1. The molecule has 3 aliphatic rings. The zero-order valence-corrected chi connectivity index (χ0v) is 18.5. The predicted molar refractivity (Wildman–Crippen MR) is 125 cm³/mol. The Kier molecular flexibility index (Phi) is 4.06. The van der Waals surface area contributed by atoms with Crippen molar-refractivity contribution in [3.8, 4) is 0 Å². The molecule has 0 bridgehead atoms. The van der Waals surface area contributed by atoms with Crippen LogP contribution in [0.3, 0.4) is 0 Å². The number of fused-ring (bicyclic) bond motifs is 2. The molecule has 0 fully saturated rings. The Hall–Kier alpha value is -3.18. The SMILES string of the molecule is O=C1Cc2ccccc2N1c1ccc(P2(Cl)(N3C(=O)Cc4ccccc43)C=COO2)cc1. The molecule has 6 rings (SSSR count). The zero-order chi connectivity index (χ0) is 21.9. The fourth-order valence-corrected chi connectivity index (χ4v) is 8.72. The van der Waals surface area contributed by atoms with Gasteiger partial charge in [-0.3, -0.25) is 0 Å². The molecule has 3 heterocycles. The van der Waals surface area contributed by atoms with Gasteiger partial charge < -0.3 is 0 Å². The molecule has 32 heavy (non-hydrogen) atoms. The molecule has 0 radical (unpaired) electrons. The molecule has 3 aromatic carbocycles. The Balaban J connectivity index is 1.45. The first-order valence-electron chi connectivity index (χ1n) is 10.2. The number of hydrogen-bond donors (Lipinski definition) is 0. The molecule has 0 N–H and O–H groups in total. The van der Waals surface area contributed by atoms with Crippen molar-refractivity contribution < 1.29 is 19.2 Å². The Morgan fingerprint density at radius 2 is 1.41 bits per heavy atom. The fraction of sp³-hybridized carbons (Fsp3) is 0.0833. The number of carbonyl (C=O) groups excluding carboxylic acids is 2. The van der Waals surface area contributed by atoms with Gasteiger partial charge in [0.15, 0.2) is 0 Å². The van der Waals surface area contributed by atoms with Crippen molar-refractivity contribution in [2.45, 2.75) is 12.8 Å². The van der Waals surface area contributed by atoms with Gasteiger partial charge in [-0.25, -0.2) is 0 Å². The maximum absolute atomic E-state index is 13.1. The van der Waals surface area contributed by atoms with Crippen molar-refractivity contribution in [3.05, 3.63) is 96.0 Å². The second-order valence-corrected chi connectivity index (χ2v) is 13.2. The number of benzene rings is 3. The number of hydrogen-bond acceptors (Lipinski definition) is 4. The number of amides is 2.